The summed E-state index contributed by atoms with van der Waals surface area (Å²) >= 11 is 0. The van der Waals surface area contributed by atoms with Gasteiger partial charge in [0.15, 0.2) is 0 Å². The van der Waals surface area contributed by atoms with Gasteiger partial charge in [-0.3, -0.25) is 0 Å². The summed E-state index contributed by atoms with van der Waals surface area (Å²) in [5.74, 6) is -0.260. The molecule has 1 aliphatic rings. The molecule has 0 saturated carbocycles. The van der Waals surface area contributed by atoms with Crippen LogP contribution in [0.5, 0.6) is 0 Å². The standard InChI is InChI=1S/C20H23FN2O2/c1-15-7-9-18(10-8-15)22-20(24)23-11-3-6-19(13-23)25-14-16-4-2-5-17(21)12-16/h2,4-5,7-10,12,19H,3,6,11,13-14H2,1H3,(H,22,24)/t19-/m1/s1. The Morgan fingerprint density at radius 1 is 1.28 bits per heavy atom. The average molecular weight is 342 g/mol. The molecular weight excluding hydrogens is 319 g/mol. The SMILES string of the molecule is Cc1ccc(NC(=O)N2CCC[C@@H](OCc3cccc(F)c3)C2)cc1. The molecule has 1 heterocycles. The van der Waals surface area contributed by atoms with Crippen LogP contribution < -0.4 is 5.32 Å². The van der Waals surface area contributed by atoms with Crippen molar-refractivity contribution in [2.24, 2.45) is 0 Å². The number of hydrogen-bond acceptors (Lipinski definition) is 2. The molecule has 0 aliphatic carbocycles. The first-order chi connectivity index (χ1) is 12.1. The van der Waals surface area contributed by atoms with Crippen LogP contribution in [-0.2, 0) is 11.3 Å². The van der Waals surface area contributed by atoms with Crippen molar-refractivity contribution in [1.29, 1.82) is 0 Å². The molecule has 0 unspecified atom stereocenters. The number of carbonyl (C=O) groups excluding carboxylic acids is 1. The zero-order valence-electron chi connectivity index (χ0n) is 14.4. The second-order valence-electron chi connectivity index (χ2n) is 6.45. The lowest BCUT2D eigenvalue weighted by Gasteiger charge is -2.32. The van der Waals surface area contributed by atoms with E-state index in [0.717, 1.165) is 36.2 Å². The summed E-state index contributed by atoms with van der Waals surface area (Å²) in [5.41, 5.74) is 2.75. The molecule has 2 aromatic rings. The molecule has 1 atom stereocenters. The summed E-state index contributed by atoms with van der Waals surface area (Å²) in [7, 11) is 0. The van der Waals surface area contributed by atoms with Crippen molar-refractivity contribution in [2.75, 3.05) is 18.4 Å². The largest absolute Gasteiger partial charge is 0.372 e. The molecule has 132 valence electrons. The average Bonchev–Trinajstić information content (AvgIpc) is 2.62. The molecule has 0 bridgehead atoms. The number of piperidine rings is 1. The van der Waals surface area contributed by atoms with Crippen molar-refractivity contribution >= 4 is 11.7 Å². The third-order valence-corrected chi connectivity index (χ3v) is 4.34. The van der Waals surface area contributed by atoms with Crippen LogP contribution in [-0.4, -0.2) is 30.1 Å². The minimum absolute atomic E-state index is 0.0271. The molecule has 0 radical (unpaired) electrons. The Bertz CT molecular complexity index is 718. The maximum absolute atomic E-state index is 13.2. The molecule has 5 heteroatoms. The second kappa shape index (κ2) is 8.12. The van der Waals surface area contributed by atoms with E-state index in [-0.39, 0.29) is 18.0 Å². The van der Waals surface area contributed by atoms with E-state index in [1.54, 1.807) is 11.0 Å². The van der Waals surface area contributed by atoms with E-state index in [0.29, 0.717) is 13.2 Å². The molecule has 3 rings (SSSR count). The van der Waals surface area contributed by atoms with Crippen LogP contribution in [0.15, 0.2) is 48.5 Å². The Morgan fingerprint density at radius 2 is 2.08 bits per heavy atom. The number of urea groups is 1. The number of aryl methyl sites for hydroxylation is 1. The molecule has 2 amide bonds. The highest BCUT2D eigenvalue weighted by Gasteiger charge is 2.24. The number of carbonyl (C=O) groups is 1. The second-order valence-corrected chi connectivity index (χ2v) is 6.45. The number of nitrogens with zero attached hydrogens (tertiary/aromatic N) is 1. The third-order valence-electron chi connectivity index (χ3n) is 4.34. The van der Waals surface area contributed by atoms with Gasteiger partial charge in [-0.15, -0.1) is 0 Å². The molecule has 2 aromatic carbocycles. The summed E-state index contributed by atoms with van der Waals surface area (Å²) in [4.78, 5) is 14.2. The number of halogens is 1. The fourth-order valence-electron chi connectivity index (χ4n) is 2.94. The number of hydrogen-bond donors (Lipinski definition) is 1. The molecule has 1 fully saturated rings. The fourth-order valence-corrected chi connectivity index (χ4v) is 2.94. The maximum Gasteiger partial charge on any atom is 0.321 e. The van der Waals surface area contributed by atoms with Crippen LogP contribution in [0.4, 0.5) is 14.9 Å². The lowest BCUT2D eigenvalue weighted by Crippen LogP contribution is -2.45. The Hall–Kier alpha value is -2.40. The summed E-state index contributed by atoms with van der Waals surface area (Å²) in [6.07, 6.45) is 1.78. The smallest absolute Gasteiger partial charge is 0.321 e. The topological polar surface area (TPSA) is 41.6 Å². The lowest BCUT2D eigenvalue weighted by molar-refractivity contribution is 0.000934. The molecule has 0 spiro atoms. The van der Waals surface area contributed by atoms with E-state index in [1.807, 2.05) is 37.3 Å². The van der Waals surface area contributed by atoms with Crippen molar-refractivity contribution < 1.29 is 13.9 Å². The van der Waals surface area contributed by atoms with E-state index in [9.17, 15) is 9.18 Å². The van der Waals surface area contributed by atoms with Gasteiger partial charge in [-0.25, -0.2) is 9.18 Å². The van der Waals surface area contributed by atoms with Gasteiger partial charge in [0.25, 0.3) is 0 Å². The fraction of sp³-hybridized carbons (Fsp3) is 0.350. The molecule has 4 nitrogen and oxygen atoms in total. The third kappa shape index (κ3) is 5.03. The molecule has 0 aromatic heterocycles. The van der Waals surface area contributed by atoms with Gasteiger partial charge in [0, 0.05) is 18.8 Å². The van der Waals surface area contributed by atoms with E-state index < -0.39 is 0 Å². The summed E-state index contributed by atoms with van der Waals surface area (Å²) in [5, 5.41) is 2.92. The van der Waals surface area contributed by atoms with Gasteiger partial charge in [0.2, 0.25) is 0 Å². The van der Waals surface area contributed by atoms with Gasteiger partial charge < -0.3 is 15.0 Å². The first-order valence-corrected chi connectivity index (χ1v) is 8.59. The Labute approximate surface area is 147 Å². The van der Waals surface area contributed by atoms with Crippen LogP contribution in [0.25, 0.3) is 0 Å². The van der Waals surface area contributed by atoms with Crippen molar-refractivity contribution in [3.05, 3.63) is 65.5 Å². The zero-order chi connectivity index (χ0) is 17.6. The molecule has 1 N–H and O–H groups in total. The molecule has 1 aliphatic heterocycles. The predicted octanol–water partition coefficient (Wildman–Crippen LogP) is 4.35. The van der Waals surface area contributed by atoms with Gasteiger partial charge in [-0.1, -0.05) is 29.8 Å². The molecule has 25 heavy (non-hydrogen) atoms. The van der Waals surface area contributed by atoms with E-state index in [2.05, 4.69) is 5.32 Å². The first-order valence-electron chi connectivity index (χ1n) is 8.59. The lowest BCUT2D eigenvalue weighted by atomic mass is 10.1. The number of rotatable bonds is 4. The van der Waals surface area contributed by atoms with Crippen molar-refractivity contribution in [2.45, 2.75) is 32.5 Å². The highest BCUT2D eigenvalue weighted by molar-refractivity contribution is 5.89. The number of nitrogens with one attached hydrogen (secondary N) is 1. The van der Waals surface area contributed by atoms with E-state index >= 15 is 0 Å². The van der Waals surface area contributed by atoms with Gasteiger partial charge in [0.1, 0.15) is 5.82 Å². The van der Waals surface area contributed by atoms with Gasteiger partial charge >= 0.3 is 6.03 Å². The number of amides is 2. The Kier molecular flexibility index (Phi) is 5.66. The normalized spacial score (nSPS) is 17.4. The van der Waals surface area contributed by atoms with Crippen LogP contribution >= 0.6 is 0 Å². The van der Waals surface area contributed by atoms with Gasteiger partial charge in [0.05, 0.1) is 12.7 Å². The van der Waals surface area contributed by atoms with Crippen LogP contribution in [0, 0.1) is 12.7 Å². The Morgan fingerprint density at radius 3 is 2.84 bits per heavy atom. The zero-order valence-corrected chi connectivity index (χ0v) is 14.4. The first kappa shape index (κ1) is 17.4. The van der Waals surface area contributed by atoms with Crippen LogP contribution in [0.1, 0.15) is 24.0 Å². The summed E-state index contributed by atoms with van der Waals surface area (Å²) in [6.45, 7) is 3.64. The minimum Gasteiger partial charge on any atom is -0.372 e. The van der Waals surface area contributed by atoms with Gasteiger partial charge in [-0.2, -0.15) is 0 Å². The van der Waals surface area contributed by atoms with E-state index in [4.69, 9.17) is 4.74 Å². The number of likely N-dealkylation sites (tertiary alicyclic amines) is 1. The monoisotopic (exact) mass is 342 g/mol. The van der Waals surface area contributed by atoms with Crippen molar-refractivity contribution in [3.8, 4) is 0 Å². The number of ether oxygens (including phenoxy) is 1. The van der Waals surface area contributed by atoms with E-state index in [1.165, 1.54) is 12.1 Å². The highest BCUT2D eigenvalue weighted by Crippen LogP contribution is 2.17. The van der Waals surface area contributed by atoms with Crippen LogP contribution in [0.2, 0.25) is 0 Å². The van der Waals surface area contributed by atoms with Crippen LogP contribution in [0.3, 0.4) is 0 Å². The number of anilines is 1. The minimum atomic E-state index is -0.260. The highest BCUT2D eigenvalue weighted by atomic mass is 19.1. The predicted molar refractivity (Wildman–Crippen MR) is 96.0 cm³/mol. The van der Waals surface area contributed by atoms with Gasteiger partial charge in [-0.05, 0) is 49.6 Å². The Balaban J connectivity index is 1.51. The van der Waals surface area contributed by atoms with Crippen molar-refractivity contribution in [1.82, 2.24) is 4.90 Å². The molecule has 1 saturated heterocycles. The number of benzene rings is 2. The summed E-state index contributed by atoms with van der Waals surface area (Å²) < 4.78 is 19.1. The van der Waals surface area contributed by atoms with Crippen molar-refractivity contribution in [3.63, 3.8) is 0 Å². The summed E-state index contributed by atoms with van der Waals surface area (Å²) in [6, 6.07) is 14.0. The molecular formula is C20H23FN2O2. The quantitative estimate of drug-likeness (QED) is 0.898. The maximum atomic E-state index is 13.2.